The lowest BCUT2D eigenvalue weighted by Crippen LogP contribution is -2.39. The maximum Gasteiger partial charge on any atom is 0.321 e. The zero-order valence-corrected chi connectivity index (χ0v) is 18.9. The van der Waals surface area contributed by atoms with Crippen LogP contribution in [0.3, 0.4) is 0 Å². The number of unbranched alkanes of at least 4 members (excludes halogenated alkanes) is 15. The molecular weight excluding hydrogens is 374 g/mol. The van der Waals surface area contributed by atoms with Crippen molar-refractivity contribution < 1.29 is 20.0 Å². The molecule has 1 atom stereocenters. The Balaban J connectivity index is 3.20. The van der Waals surface area contributed by atoms with Gasteiger partial charge in [-0.2, -0.15) is 11.8 Å². The van der Waals surface area contributed by atoms with Crippen LogP contribution in [-0.2, 0) is 9.68 Å². The number of hydrogen-bond donors (Lipinski definition) is 3. The van der Waals surface area contributed by atoms with Crippen molar-refractivity contribution in [3.63, 3.8) is 0 Å². The van der Waals surface area contributed by atoms with Gasteiger partial charge in [-0.25, -0.2) is 4.89 Å². The quantitative estimate of drug-likeness (QED) is 0.0762. The van der Waals surface area contributed by atoms with Crippen LogP contribution in [0, 0.1) is 0 Å². The normalized spacial score (nSPS) is 12.4. The Bertz CT molecular complexity index is 332. The summed E-state index contributed by atoms with van der Waals surface area (Å²) in [6.07, 6.45) is 21.8. The summed E-state index contributed by atoms with van der Waals surface area (Å²) in [6.45, 7) is 2.12. The molecule has 0 aromatic heterocycles. The van der Waals surface area contributed by atoms with Crippen LogP contribution < -0.4 is 5.32 Å². The number of carboxylic acids is 1. The lowest BCUT2D eigenvalue weighted by Gasteiger charge is -2.12. The van der Waals surface area contributed by atoms with Crippen molar-refractivity contribution in [2.45, 2.75) is 116 Å². The topological polar surface area (TPSA) is 78.8 Å². The van der Waals surface area contributed by atoms with Gasteiger partial charge in [-0.15, -0.1) is 0 Å². The van der Waals surface area contributed by atoms with Crippen LogP contribution in [0.1, 0.15) is 110 Å². The highest BCUT2D eigenvalue weighted by atomic mass is 32.2. The van der Waals surface area contributed by atoms with Gasteiger partial charge in [-0.1, -0.05) is 103 Å². The minimum Gasteiger partial charge on any atom is -0.480 e. The van der Waals surface area contributed by atoms with Crippen molar-refractivity contribution in [3.8, 4) is 0 Å². The fourth-order valence-corrected chi connectivity index (χ4v) is 4.38. The molecule has 5 nitrogen and oxygen atoms in total. The zero-order valence-electron chi connectivity index (χ0n) is 18.1. The molecule has 0 aromatic rings. The number of carbonyl (C=O) groups is 1. The van der Waals surface area contributed by atoms with Gasteiger partial charge in [0, 0.05) is 5.75 Å². The molecule has 3 N–H and O–H groups in total. The predicted molar refractivity (Wildman–Crippen MR) is 120 cm³/mol. The summed E-state index contributed by atoms with van der Waals surface area (Å²) < 4.78 is 0. The number of nitrogens with one attached hydrogen (secondary N) is 1. The summed E-state index contributed by atoms with van der Waals surface area (Å²) in [4.78, 5) is 14.9. The Labute approximate surface area is 177 Å². The van der Waals surface area contributed by atoms with E-state index < -0.39 is 12.0 Å². The van der Waals surface area contributed by atoms with Crippen molar-refractivity contribution in [1.29, 1.82) is 0 Å². The standard InChI is InChI=1S/C22H45NO4S/c1-2-3-4-5-6-7-8-9-10-11-12-13-14-15-16-17-18-28-19-21(22(24)25)23-20-27-26/h21,23,26H,2-20H2,1H3,(H,24,25). The van der Waals surface area contributed by atoms with Crippen molar-refractivity contribution in [3.05, 3.63) is 0 Å². The highest BCUT2D eigenvalue weighted by Gasteiger charge is 2.16. The zero-order chi connectivity index (χ0) is 20.7. The highest BCUT2D eigenvalue weighted by molar-refractivity contribution is 7.99. The average Bonchev–Trinajstić information content (AvgIpc) is 2.69. The van der Waals surface area contributed by atoms with Gasteiger partial charge in [-0.3, -0.25) is 15.4 Å². The molecule has 0 amide bonds. The van der Waals surface area contributed by atoms with Crippen molar-refractivity contribution in [2.24, 2.45) is 0 Å². The van der Waals surface area contributed by atoms with E-state index in [0.29, 0.717) is 5.75 Å². The number of hydrogen-bond acceptors (Lipinski definition) is 5. The number of thioether (sulfide) groups is 1. The summed E-state index contributed by atoms with van der Waals surface area (Å²) in [6, 6.07) is -0.668. The van der Waals surface area contributed by atoms with E-state index in [2.05, 4.69) is 17.1 Å². The first-order chi connectivity index (χ1) is 13.7. The number of carboxylic acid groups (broad SMARTS) is 1. The molecule has 0 aliphatic heterocycles. The third-order valence-electron chi connectivity index (χ3n) is 5.12. The Morgan fingerprint density at radius 2 is 1.25 bits per heavy atom. The van der Waals surface area contributed by atoms with Gasteiger partial charge < -0.3 is 5.11 Å². The molecular formula is C22H45NO4S. The van der Waals surface area contributed by atoms with Crippen LogP contribution in [0.4, 0.5) is 0 Å². The molecule has 6 heteroatoms. The molecule has 0 saturated carbocycles. The average molecular weight is 420 g/mol. The molecule has 0 aromatic carbocycles. The summed E-state index contributed by atoms with van der Waals surface area (Å²) >= 11 is 1.65. The number of aliphatic carboxylic acids is 1. The van der Waals surface area contributed by atoms with Crippen LogP contribution >= 0.6 is 11.8 Å². The monoisotopic (exact) mass is 419 g/mol. The van der Waals surface area contributed by atoms with E-state index in [9.17, 15) is 4.79 Å². The van der Waals surface area contributed by atoms with Gasteiger partial charge in [0.1, 0.15) is 12.8 Å². The summed E-state index contributed by atoms with van der Waals surface area (Å²) in [5, 5.41) is 19.9. The lowest BCUT2D eigenvalue weighted by molar-refractivity contribution is -0.248. The van der Waals surface area contributed by atoms with Gasteiger partial charge in [-0.05, 0) is 12.2 Å². The third kappa shape index (κ3) is 20.4. The van der Waals surface area contributed by atoms with Crippen molar-refractivity contribution in [1.82, 2.24) is 5.32 Å². The number of rotatable bonds is 23. The van der Waals surface area contributed by atoms with E-state index in [-0.39, 0.29) is 6.73 Å². The molecule has 0 radical (unpaired) electrons. The van der Waals surface area contributed by atoms with Crippen molar-refractivity contribution in [2.75, 3.05) is 18.2 Å². The predicted octanol–water partition coefficient (Wildman–Crippen LogP) is 6.47. The maximum absolute atomic E-state index is 11.0. The molecule has 0 bridgehead atoms. The molecule has 0 saturated heterocycles. The highest BCUT2D eigenvalue weighted by Crippen LogP contribution is 2.14. The largest absolute Gasteiger partial charge is 0.480 e. The van der Waals surface area contributed by atoms with E-state index in [4.69, 9.17) is 10.4 Å². The van der Waals surface area contributed by atoms with Crippen LogP contribution in [0.5, 0.6) is 0 Å². The third-order valence-corrected chi connectivity index (χ3v) is 6.27. The molecule has 28 heavy (non-hydrogen) atoms. The molecule has 0 spiro atoms. The first kappa shape index (κ1) is 27.7. The maximum atomic E-state index is 11.0. The van der Waals surface area contributed by atoms with E-state index >= 15 is 0 Å². The first-order valence-corrected chi connectivity index (χ1v) is 12.7. The van der Waals surface area contributed by atoms with E-state index in [1.165, 1.54) is 96.3 Å². The lowest BCUT2D eigenvalue weighted by atomic mass is 10.0. The van der Waals surface area contributed by atoms with Gasteiger partial charge >= 0.3 is 5.97 Å². The fourth-order valence-electron chi connectivity index (χ4n) is 3.31. The summed E-state index contributed by atoms with van der Waals surface area (Å²) in [7, 11) is 0. The van der Waals surface area contributed by atoms with Gasteiger partial charge in [0.2, 0.25) is 0 Å². The Morgan fingerprint density at radius 3 is 1.64 bits per heavy atom. The van der Waals surface area contributed by atoms with E-state index in [0.717, 1.165) is 12.2 Å². The van der Waals surface area contributed by atoms with Crippen LogP contribution in [0.15, 0.2) is 0 Å². The minimum absolute atomic E-state index is 0.156. The van der Waals surface area contributed by atoms with Crippen molar-refractivity contribution >= 4 is 17.7 Å². The molecule has 0 aliphatic carbocycles. The second kappa shape index (κ2) is 23.0. The van der Waals surface area contributed by atoms with Crippen LogP contribution in [0.25, 0.3) is 0 Å². The SMILES string of the molecule is CCCCCCCCCCCCCCCCCCSCC(NCOO)C(=O)O. The molecule has 0 rings (SSSR count). The van der Waals surface area contributed by atoms with Gasteiger partial charge in [0.05, 0.1) is 0 Å². The van der Waals surface area contributed by atoms with E-state index in [1.807, 2.05) is 0 Å². The van der Waals surface area contributed by atoms with Gasteiger partial charge in [0.25, 0.3) is 0 Å². The Hall–Kier alpha value is -0.300. The smallest absolute Gasteiger partial charge is 0.321 e. The van der Waals surface area contributed by atoms with Crippen LogP contribution in [0.2, 0.25) is 0 Å². The second-order valence-corrected chi connectivity index (χ2v) is 8.90. The second-order valence-electron chi connectivity index (χ2n) is 7.75. The van der Waals surface area contributed by atoms with Gasteiger partial charge in [0.15, 0.2) is 0 Å². The summed E-state index contributed by atoms with van der Waals surface area (Å²) in [5.41, 5.74) is 0. The van der Waals surface area contributed by atoms with E-state index in [1.54, 1.807) is 11.8 Å². The molecule has 168 valence electrons. The molecule has 0 heterocycles. The summed E-state index contributed by atoms with van der Waals surface area (Å²) in [5.74, 6) is 0.581. The molecule has 1 unspecified atom stereocenters. The Morgan fingerprint density at radius 1 is 0.821 bits per heavy atom. The first-order valence-electron chi connectivity index (χ1n) is 11.5. The minimum atomic E-state index is -0.906. The fraction of sp³-hybridized carbons (Fsp3) is 0.955. The molecule has 0 aliphatic rings. The molecule has 0 fully saturated rings. The Kier molecular flexibility index (Phi) is 22.7. The van der Waals surface area contributed by atoms with Crippen LogP contribution in [-0.4, -0.2) is 40.6 Å².